The van der Waals surface area contributed by atoms with E-state index in [1.807, 2.05) is 6.07 Å². The highest BCUT2D eigenvalue weighted by Crippen LogP contribution is 2.31. The van der Waals surface area contributed by atoms with Gasteiger partial charge in [0.1, 0.15) is 23.3 Å². The molecular formula is C13H10BrN3O2. The molecule has 0 saturated heterocycles. The number of ether oxygens (including phenoxy) is 2. The summed E-state index contributed by atoms with van der Waals surface area (Å²) in [5, 5.41) is 8.85. The van der Waals surface area contributed by atoms with Crippen LogP contribution in [0.5, 0.6) is 17.5 Å². The first kappa shape index (κ1) is 13.3. The van der Waals surface area contributed by atoms with Crippen LogP contribution in [-0.4, -0.2) is 17.1 Å². The lowest BCUT2D eigenvalue weighted by Gasteiger charge is -2.08. The summed E-state index contributed by atoms with van der Waals surface area (Å²) in [6, 6.07) is 8.97. The zero-order valence-electron chi connectivity index (χ0n) is 10.3. The molecule has 0 aliphatic carbocycles. The number of hydrogen-bond acceptors (Lipinski definition) is 5. The molecule has 0 radical (unpaired) electrons. The van der Waals surface area contributed by atoms with Crippen LogP contribution in [0, 0.1) is 18.3 Å². The number of rotatable bonds is 3. The number of benzene rings is 1. The van der Waals surface area contributed by atoms with E-state index in [4.69, 9.17) is 14.7 Å². The molecule has 2 aromatic rings. The second kappa shape index (κ2) is 5.67. The van der Waals surface area contributed by atoms with Crippen LogP contribution in [0.3, 0.4) is 0 Å². The molecule has 19 heavy (non-hydrogen) atoms. The number of aromatic nitrogens is 2. The van der Waals surface area contributed by atoms with Gasteiger partial charge in [-0.2, -0.15) is 10.2 Å². The van der Waals surface area contributed by atoms with Gasteiger partial charge in [0.25, 0.3) is 0 Å². The first-order valence-electron chi connectivity index (χ1n) is 5.39. The summed E-state index contributed by atoms with van der Waals surface area (Å²) in [6.07, 6.45) is 0. The number of hydrogen-bond donors (Lipinski definition) is 0. The molecule has 96 valence electrons. The molecular weight excluding hydrogens is 310 g/mol. The van der Waals surface area contributed by atoms with E-state index < -0.39 is 0 Å². The highest BCUT2D eigenvalue weighted by molar-refractivity contribution is 9.10. The van der Waals surface area contributed by atoms with Gasteiger partial charge in [-0.1, -0.05) is 0 Å². The molecule has 0 aliphatic rings. The van der Waals surface area contributed by atoms with Crippen LogP contribution in [-0.2, 0) is 0 Å². The van der Waals surface area contributed by atoms with Gasteiger partial charge < -0.3 is 9.47 Å². The first-order chi connectivity index (χ1) is 9.12. The summed E-state index contributed by atoms with van der Waals surface area (Å²) < 4.78 is 11.4. The Labute approximate surface area is 119 Å². The summed E-state index contributed by atoms with van der Waals surface area (Å²) in [7, 11) is 1.59. The Kier molecular flexibility index (Phi) is 3.97. The molecule has 2 rings (SSSR count). The molecule has 1 heterocycles. The highest BCUT2D eigenvalue weighted by atomic mass is 79.9. The zero-order valence-corrected chi connectivity index (χ0v) is 11.9. The average Bonchev–Trinajstić information content (AvgIpc) is 2.40. The fourth-order valence-corrected chi connectivity index (χ4v) is 1.87. The van der Waals surface area contributed by atoms with Gasteiger partial charge in [-0.25, -0.2) is 4.98 Å². The van der Waals surface area contributed by atoms with Crippen molar-refractivity contribution in [3.8, 4) is 23.6 Å². The molecule has 0 aliphatic heterocycles. The normalized spacial score (nSPS) is 9.79. The fraction of sp³-hybridized carbons (Fsp3) is 0.154. The maximum absolute atomic E-state index is 8.85. The third-order valence-corrected chi connectivity index (χ3v) is 2.91. The fourth-order valence-electron chi connectivity index (χ4n) is 1.43. The number of nitrogens with zero attached hydrogens (tertiary/aromatic N) is 3. The van der Waals surface area contributed by atoms with Crippen molar-refractivity contribution in [3.05, 3.63) is 40.1 Å². The summed E-state index contributed by atoms with van der Waals surface area (Å²) in [5.74, 6) is 1.26. The third-order valence-electron chi connectivity index (χ3n) is 2.29. The van der Waals surface area contributed by atoms with E-state index in [0.717, 1.165) is 4.47 Å². The quantitative estimate of drug-likeness (QED) is 0.868. The largest absolute Gasteiger partial charge is 0.497 e. The Morgan fingerprint density at radius 3 is 2.68 bits per heavy atom. The second-order valence-corrected chi connectivity index (χ2v) is 4.54. The lowest BCUT2D eigenvalue weighted by atomic mass is 10.3. The number of nitriles is 1. The maximum Gasteiger partial charge on any atom is 0.323 e. The van der Waals surface area contributed by atoms with Crippen molar-refractivity contribution in [1.82, 2.24) is 9.97 Å². The summed E-state index contributed by atoms with van der Waals surface area (Å²) >= 11 is 3.37. The van der Waals surface area contributed by atoms with Crippen LogP contribution < -0.4 is 9.47 Å². The van der Waals surface area contributed by atoms with E-state index in [9.17, 15) is 0 Å². The summed E-state index contributed by atoms with van der Waals surface area (Å²) in [5.41, 5.74) is 0.943. The first-order valence-corrected chi connectivity index (χ1v) is 6.19. The molecule has 0 N–H and O–H groups in total. The van der Waals surface area contributed by atoms with Crippen molar-refractivity contribution in [3.63, 3.8) is 0 Å². The lowest BCUT2D eigenvalue weighted by Crippen LogP contribution is -1.97. The zero-order chi connectivity index (χ0) is 13.8. The predicted octanol–water partition coefficient (Wildman–Crippen LogP) is 3.22. The third kappa shape index (κ3) is 3.20. The minimum Gasteiger partial charge on any atom is -0.497 e. The van der Waals surface area contributed by atoms with E-state index in [0.29, 0.717) is 17.2 Å². The van der Waals surface area contributed by atoms with Crippen LogP contribution in [0.2, 0.25) is 0 Å². The molecule has 0 saturated carbocycles. The van der Waals surface area contributed by atoms with Gasteiger partial charge in [-0.15, -0.1) is 0 Å². The van der Waals surface area contributed by atoms with Crippen LogP contribution >= 0.6 is 15.9 Å². The number of halogens is 1. The summed E-state index contributed by atoms with van der Waals surface area (Å²) in [4.78, 5) is 8.11. The lowest BCUT2D eigenvalue weighted by molar-refractivity contribution is 0.409. The van der Waals surface area contributed by atoms with Crippen LogP contribution in [0.15, 0.2) is 28.7 Å². The highest BCUT2D eigenvalue weighted by Gasteiger charge is 2.08. The molecule has 5 nitrogen and oxygen atoms in total. The monoisotopic (exact) mass is 319 g/mol. The topological polar surface area (TPSA) is 68.0 Å². The van der Waals surface area contributed by atoms with Gasteiger partial charge in [0.15, 0.2) is 0 Å². The average molecular weight is 320 g/mol. The van der Waals surface area contributed by atoms with Gasteiger partial charge in [0.05, 0.1) is 11.6 Å². The van der Waals surface area contributed by atoms with E-state index in [1.165, 1.54) is 0 Å². The Balaban J connectivity index is 2.31. The Morgan fingerprint density at radius 1 is 1.26 bits per heavy atom. The van der Waals surface area contributed by atoms with Crippen molar-refractivity contribution in [2.45, 2.75) is 6.92 Å². The summed E-state index contributed by atoms with van der Waals surface area (Å²) in [6.45, 7) is 1.78. The van der Waals surface area contributed by atoms with E-state index >= 15 is 0 Å². The van der Waals surface area contributed by atoms with Gasteiger partial charge >= 0.3 is 6.01 Å². The molecule has 0 spiro atoms. The molecule has 0 unspecified atom stereocenters. The van der Waals surface area contributed by atoms with Crippen LogP contribution in [0.4, 0.5) is 0 Å². The molecule has 1 aromatic carbocycles. The van der Waals surface area contributed by atoms with Crippen molar-refractivity contribution >= 4 is 15.9 Å². The van der Waals surface area contributed by atoms with Crippen LogP contribution in [0.25, 0.3) is 0 Å². The van der Waals surface area contributed by atoms with Gasteiger partial charge in [-0.3, -0.25) is 0 Å². The van der Waals surface area contributed by atoms with Crippen molar-refractivity contribution in [2.24, 2.45) is 0 Å². The Morgan fingerprint density at radius 2 is 2.05 bits per heavy atom. The molecule has 0 bridgehead atoms. The smallest absolute Gasteiger partial charge is 0.323 e. The molecule has 0 amide bonds. The van der Waals surface area contributed by atoms with Crippen molar-refractivity contribution in [1.29, 1.82) is 5.26 Å². The molecule has 1 aromatic heterocycles. The van der Waals surface area contributed by atoms with Crippen molar-refractivity contribution < 1.29 is 9.47 Å². The SMILES string of the molecule is COc1ccc(Oc2nc(C)cc(C#N)n2)c(Br)c1. The minimum absolute atomic E-state index is 0.141. The molecule has 0 fully saturated rings. The van der Waals surface area contributed by atoms with Gasteiger partial charge in [-0.05, 0) is 47.1 Å². The molecule has 0 atom stereocenters. The van der Waals surface area contributed by atoms with E-state index in [-0.39, 0.29) is 11.7 Å². The number of aryl methyl sites for hydroxylation is 1. The van der Waals surface area contributed by atoms with Gasteiger partial charge in [0.2, 0.25) is 0 Å². The van der Waals surface area contributed by atoms with Crippen molar-refractivity contribution in [2.75, 3.05) is 7.11 Å². The predicted molar refractivity (Wildman–Crippen MR) is 72.3 cm³/mol. The number of methoxy groups -OCH3 is 1. The Hall–Kier alpha value is -2.13. The van der Waals surface area contributed by atoms with Gasteiger partial charge in [0, 0.05) is 5.69 Å². The van der Waals surface area contributed by atoms with E-state index in [1.54, 1.807) is 38.3 Å². The second-order valence-electron chi connectivity index (χ2n) is 3.69. The molecule has 6 heteroatoms. The minimum atomic E-state index is 0.141. The standard InChI is InChI=1S/C13H10BrN3O2/c1-8-5-9(7-15)17-13(16-8)19-12-4-3-10(18-2)6-11(12)14/h3-6H,1-2H3. The maximum atomic E-state index is 8.85. The van der Waals surface area contributed by atoms with Crippen LogP contribution in [0.1, 0.15) is 11.4 Å². The van der Waals surface area contributed by atoms with E-state index in [2.05, 4.69) is 25.9 Å². The Bertz CT molecular complexity index is 653.